The lowest BCUT2D eigenvalue weighted by atomic mass is 10.0. The van der Waals surface area contributed by atoms with E-state index in [1.807, 2.05) is 12.1 Å². The first-order valence-electron chi connectivity index (χ1n) is 3.67. The Morgan fingerprint density at radius 2 is 2.17 bits per heavy atom. The van der Waals surface area contributed by atoms with Gasteiger partial charge in [-0.3, -0.25) is 4.79 Å². The molecule has 61 valence electrons. The van der Waals surface area contributed by atoms with Gasteiger partial charge in [0.1, 0.15) is 0 Å². The Bertz CT molecular complexity index is 304. The highest BCUT2D eigenvalue weighted by molar-refractivity contribution is 5.94. The standard InChI is InChI=1S/C10H10NO/c1-2-5-8-6-3-4-7-9(8)10(11)12/h1-4,6-7H,5H2,(H2,11,12). The van der Waals surface area contributed by atoms with Crippen molar-refractivity contribution in [2.24, 2.45) is 5.73 Å². The second-order valence-corrected chi connectivity index (χ2v) is 2.46. The summed E-state index contributed by atoms with van der Waals surface area (Å²) >= 11 is 0. The van der Waals surface area contributed by atoms with Gasteiger partial charge in [0, 0.05) is 5.56 Å². The van der Waals surface area contributed by atoms with Crippen LogP contribution in [0.25, 0.3) is 0 Å². The Morgan fingerprint density at radius 1 is 1.50 bits per heavy atom. The predicted molar refractivity (Wildman–Crippen MR) is 47.5 cm³/mol. The Morgan fingerprint density at radius 3 is 2.75 bits per heavy atom. The zero-order chi connectivity index (χ0) is 8.97. The van der Waals surface area contributed by atoms with Crippen molar-refractivity contribution >= 4 is 5.91 Å². The van der Waals surface area contributed by atoms with E-state index in [1.165, 1.54) is 6.08 Å². The van der Waals surface area contributed by atoms with E-state index in [2.05, 4.69) is 0 Å². The van der Waals surface area contributed by atoms with Crippen LogP contribution in [0.15, 0.2) is 30.3 Å². The second-order valence-electron chi connectivity index (χ2n) is 2.46. The molecule has 0 atom stereocenters. The van der Waals surface area contributed by atoms with Crippen molar-refractivity contribution in [2.45, 2.75) is 6.42 Å². The Hall–Kier alpha value is -1.57. The molecule has 0 spiro atoms. The predicted octanol–water partition coefficient (Wildman–Crippen LogP) is 1.32. The first-order chi connectivity index (χ1) is 5.75. The molecular weight excluding hydrogens is 150 g/mol. The summed E-state index contributed by atoms with van der Waals surface area (Å²) in [6.07, 6.45) is 2.07. The third kappa shape index (κ3) is 1.72. The third-order valence-electron chi connectivity index (χ3n) is 1.62. The van der Waals surface area contributed by atoms with Crippen molar-refractivity contribution in [1.82, 2.24) is 0 Å². The van der Waals surface area contributed by atoms with E-state index in [9.17, 15) is 4.79 Å². The zero-order valence-electron chi connectivity index (χ0n) is 6.66. The first kappa shape index (κ1) is 8.53. The number of rotatable bonds is 3. The van der Waals surface area contributed by atoms with Crippen LogP contribution in [0.2, 0.25) is 0 Å². The van der Waals surface area contributed by atoms with Crippen LogP contribution in [0.5, 0.6) is 0 Å². The maximum atomic E-state index is 10.9. The molecule has 12 heavy (non-hydrogen) atoms. The molecule has 0 saturated carbocycles. The van der Waals surface area contributed by atoms with E-state index < -0.39 is 5.91 Å². The van der Waals surface area contributed by atoms with Crippen LogP contribution in [0, 0.1) is 6.58 Å². The van der Waals surface area contributed by atoms with Crippen LogP contribution >= 0.6 is 0 Å². The molecule has 0 saturated heterocycles. The molecule has 0 aliphatic rings. The largest absolute Gasteiger partial charge is 0.366 e. The maximum Gasteiger partial charge on any atom is 0.248 e. The van der Waals surface area contributed by atoms with Crippen molar-refractivity contribution in [1.29, 1.82) is 0 Å². The number of benzene rings is 1. The second kappa shape index (κ2) is 3.72. The smallest absolute Gasteiger partial charge is 0.248 e. The summed E-state index contributed by atoms with van der Waals surface area (Å²) in [6.45, 7) is 5.25. The lowest BCUT2D eigenvalue weighted by molar-refractivity contribution is 0.0999. The monoisotopic (exact) mass is 160 g/mol. The van der Waals surface area contributed by atoms with Gasteiger partial charge in [-0.25, -0.2) is 0 Å². The van der Waals surface area contributed by atoms with Crippen LogP contribution in [-0.4, -0.2) is 5.91 Å². The molecule has 0 fully saturated rings. The number of carbonyl (C=O) groups excluding carboxylic acids is 1. The SMILES string of the molecule is [CH]=CCc1ccccc1C(N)=O. The quantitative estimate of drug-likeness (QED) is 0.711. The number of nitrogens with two attached hydrogens (primary N) is 1. The molecule has 2 N–H and O–H groups in total. The van der Waals surface area contributed by atoms with Crippen LogP contribution < -0.4 is 5.73 Å². The van der Waals surface area contributed by atoms with Crippen molar-refractivity contribution in [2.75, 3.05) is 0 Å². The molecule has 2 nitrogen and oxygen atoms in total. The van der Waals surface area contributed by atoms with Crippen LogP contribution in [0.1, 0.15) is 15.9 Å². The fourth-order valence-corrected chi connectivity index (χ4v) is 1.07. The number of allylic oxidation sites excluding steroid dienone is 1. The first-order valence-corrected chi connectivity index (χ1v) is 3.67. The molecule has 1 aromatic carbocycles. The van der Waals surface area contributed by atoms with Gasteiger partial charge >= 0.3 is 0 Å². The van der Waals surface area contributed by atoms with Crippen molar-refractivity contribution in [3.05, 3.63) is 48.0 Å². The number of hydrogen-bond acceptors (Lipinski definition) is 1. The Balaban J connectivity index is 3.07. The fraction of sp³-hybridized carbons (Fsp3) is 0.100. The van der Waals surface area contributed by atoms with E-state index in [4.69, 9.17) is 12.3 Å². The molecule has 0 heterocycles. The molecule has 0 bridgehead atoms. The molecule has 2 heteroatoms. The van der Waals surface area contributed by atoms with E-state index in [0.29, 0.717) is 12.0 Å². The Kier molecular flexibility index (Phi) is 2.64. The molecule has 0 unspecified atom stereocenters. The summed E-state index contributed by atoms with van der Waals surface area (Å²) in [7, 11) is 0. The van der Waals surface area contributed by atoms with E-state index >= 15 is 0 Å². The van der Waals surface area contributed by atoms with Crippen molar-refractivity contribution < 1.29 is 4.79 Å². The van der Waals surface area contributed by atoms with Gasteiger partial charge in [0.2, 0.25) is 5.91 Å². The highest BCUT2D eigenvalue weighted by Crippen LogP contribution is 2.08. The lowest BCUT2D eigenvalue weighted by Gasteiger charge is -2.01. The third-order valence-corrected chi connectivity index (χ3v) is 1.62. The molecule has 0 aliphatic carbocycles. The Labute approximate surface area is 71.7 Å². The van der Waals surface area contributed by atoms with Crippen LogP contribution in [0.3, 0.4) is 0 Å². The summed E-state index contributed by atoms with van der Waals surface area (Å²) in [5.41, 5.74) is 6.56. The average Bonchev–Trinajstić information content (AvgIpc) is 2.05. The normalized spacial score (nSPS) is 9.33. The molecular formula is C10H10NO. The van der Waals surface area contributed by atoms with Gasteiger partial charge in [-0.15, -0.1) is 0 Å². The maximum absolute atomic E-state index is 10.9. The minimum atomic E-state index is -0.410. The summed E-state index contributed by atoms with van der Waals surface area (Å²) < 4.78 is 0. The zero-order valence-corrected chi connectivity index (χ0v) is 6.66. The topological polar surface area (TPSA) is 43.1 Å². The fourth-order valence-electron chi connectivity index (χ4n) is 1.07. The highest BCUT2D eigenvalue weighted by Gasteiger charge is 2.04. The van der Waals surface area contributed by atoms with Gasteiger partial charge in [0.15, 0.2) is 0 Å². The molecule has 1 radical (unpaired) electrons. The van der Waals surface area contributed by atoms with Crippen LogP contribution in [-0.2, 0) is 6.42 Å². The number of primary amides is 1. The van der Waals surface area contributed by atoms with Gasteiger partial charge in [0.25, 0.3) is 0 Å². The molecule has 1 aromatic rings. The average molecular weight is 160 g/mol. The van der Waals surface area contributed by atoms with Gasteiger partial charge in [-0.2, -0.15) is 0 Å². The number of carbonyl (C=O) groups is 1. The van der Waals surface area contributed by atoms with Gasteiger partial charge in [-0.1, -0.05) is 30.9 Å². The summed E-state index contributed by atoms with van der Waals surface area (Å²) in [4.78, 5) is 10.9. The van der Waals surface area contributed by atoms with E-state index in [-0.39, 0.29) is 0 Å². The molecule has 1 rings (SSSR count). The van der Waals surface area contributed by atoms with Crippen molar-refractivity contribution in [3.8, 4) is 0 Å². The highest BCUT2D eigenvalue weighted by atomic mass is 16.1. The van der Waals surface area contributed by atoms with E-state index in [1.54, 1.807) is 12.1 Å². The number of hydrogen-bond donors (Lipinski definition) is 1. The minimum absolute atomic E-state index is 0.410. The minimum Gasteiger partial charge on any atom is -0.366 e. The summed E-state index contributed by atoms with van der Waals surface area (Å²) in [5, 5.41) is 0. The van der Waals surface area contributed by atoms with Gasteiger partial charge in [0.05, 0.1) is 0 Å². The summed E-state index contributed by atoms with van der Waals surface area (Å²) in [5.74, 6) is -0.410. The van der Waals surface area contributed by atoms with Crippen LogP contribution in [0.4, 0.5) is 0 Å². The van der Waals surface area contributed by atoms with Gasteiger partial charge in [-0.05, 0) is 18.1 Å². The number of amides is 1. The van der Waals surface area contributed by atoms with Crippen molar-refractivity contribution in [3.63, 3.8) is 0 Å². The summed E-state index contributed by atoms with van der Waals surface area (Å²) in [6, 6.07) is 7.16. The lowest BCUT2D eigenvalue weighted by Crippen LogP contribution is -2.13. The van der Waals surface area contributed by atoms with Gasteiger partial charge < -0.3 is 5.73 Å². The molecule has 0 aromatic heterocycles. The molecule has 1 amide bonds. The van der Waals surface area contributed by atoms with E-state index in [0.717, 1.165) is 5.56 Å². The molecule has 0 aliphatic heterocycles.